The van der Waals surface area contributed by atoms with E-state index in [-0.39, 0.29) is 11.6 Å². The molecule has 0 aromatic heterocycles. The zero-order valence-corrected chi connectivity index (χ0v) is 10.5. The highest BCUT2D eigenvalue weighted by Crippen LogP contribution is 2.20. The smallest absolute Gasteiger partial charge is 0.146 e. The molecule has 0 aliphatic carbocycles. The van der Waals surface area contributed by atoms with E-state index in [2.05, 4.69) is 21.2 Å². The van der Waals surface area contributed by atoms with Crippen LogP contribution in [0.25, 0.3) is 0 Å². The van der Waals surface area contributed by atoms with E-state index in [1.54, 1.807) is 24.3 Å². The Morgan fingerprint density at radius 3 is 2.65 bits per heavy atom. The molecule has 2 rings (SSSR count). The van der Waals surface area contributed by atoms with Crippen molar-refractivity contribution in [3.05, 3.63) is 64.1 Å². The molecule has 0 saturated heterocycles. The maximum atomic E-state index is 13.4. The first kappa shape index (κ1) is 12.0. The van der Waals surface area contributed by atoms with Gasteiger partial charge in [-0.25, -0.2) is 8.78 Å². The topological polar surface area (TPSA) is 12.0 Å². The van der Waals surface area contributed by atoms with Crippen molar-refractivity contribution in [1.82, 2.24) is 0 Å². The summed E-state index contributed by atoms with van der Waals surface area (Å²) < 4.78 is 27.1. The molecule has 0 atom stereocenters. The first-order valence-electron chi connectivity index (χ1n) is 5.08. The van der Waals surface area contributed by atoms with Gasteiger partial charge in [0.05, 0.1) is 5.69 Å². The van der Waals surface area contributed by atoms with E-state index in [0.29, 0.717) is 12.2 Å². The summed E-state index contributed by atoms with van der Waals surface area (Å²) in [6.45, 7) is 0.380. The van der Waals surface area contributed by atoms with Crippen LogP contribution in [0.2, 0.25) is 0 Å². The second kappa shape index (κ2) is 5.27. The Morgan fingerprint density at radius 2 is 1.88 bits per heavy atom. The van der Waals surface area contributed by atoms with Gasteiger partial charge in [-0.05, 0) is 35.9 Å². The van der Waals surface area contributed by atoms with Gasteiger partial charge in [-0.3, -0.25) is 0 Å². The van der Waals surface area contributed by atoms with Crippen molar-refractivity contribution in [1.29, 1.82) is 0 Å². The molecule has 1 N–H and O–H groups in total. The zero-order valence-electron chi connectivity index (χ0n) is 8.88. The van der Waals surface area contributed by atoms with Gasteiger partial charge in [-0.15, -0.1) is 0 Å². The summed E-state index contributed by atoms with van der Waals surface area (Å²) in [4.78, 5) is 0. The molecule has 0 aliphatic rings. The van der Waals surface area contributed by atoms with E-state index in [4.69, 9.17) is 0 Å². The summed E-state index contributed by atoms with van der Waals surface area (Å²) in [5.74, 6) is -0.622. The summed E-state index contributed by atoms with van der Waals surface area (Å²) in [7, 11) is 0. The predicted octanol–water partition coefficient (Wildman–Crippen LogP) is 4.34. The van der Waals surface area contributed by atoms with E-state index >= 15 is 0 Å². The number of halogens is 3. The fourth-order valence-electron chi connectivity index (χ4n) is 1.48. The standard InChI is InChI=1S/C13H10BrF2N/c14-10-4-5-12(16)13(7-10)17-8-9-2-1-3-11(15)6-9/h1-7,17H,8H2. The predicted molar refractivity (Wildman–Crippen MR) is 67.8 cm³/mol. The van der Waals surface area contributed by atoms with Gasteiger partial charge >= 0.3 is 0 Å². The molecule has 0 aliphatic heterocycles. The molecule has 0 radical (unpaired) electrons. The molecule has 0 unspecified atom stereocenters. The van der Waals surface area contributed by atoms with Crippen LogP contribution in [0.1, 0.15) is 5.56 Å². The third-order valence-corrected chi connectivity index (χ3v) is 2.79. The molecule has 88 valence electrons. The number of benzene rings is 2. The molecular formula is C13H10BrF2N. The van der Waals surface area contributed by atoms with E-state index in [9.17, 15) is 8.78 Å². The van der Waals surface area contributed by atoms with E-state index in [1.807, 2.05) is 0 Å². The van der Waals surface area contributed by atoms with Gasteiger partial charge in [0.1, 0.15) is 11.6 Å². The lowest BCUT2D eigenvalue weighted by molar-refractivity contribution is 0.625. The molecular weight excluding hydrogens is 288 g/mol. The fraction of sp³-hybridized carbons (Fsp3) is 0.0769. The summed E-state index contributed by atoms with van der Waals surface area (Å²) in [6.07, 6.45) is 0. The maximum Gasteiger partial charge on any atom is 0.146 e. The minimum Gasteiger partial charge on any atom is -0.379 e. The van der Waals surface area contributed by atoms with Crippen LogP contribution in [0.4, 0.5) is 14.5 Å². The van der Waals surface area contributed by atoms with Crippen molar-refractivity contribution in [2.45, 2.75) is 6.54 Å². The van der Waals surface area contributed by atoms with Gasteiger partial charge < -0.3 is 5.32 Å². The Kier molecular flexibility index (Phi) is 3.74. The number of hydrogen-bond acceptors (Lipinski definition) is 1. The summed E-state index contributed by atoms with van der Waals surface area (Å²) >= 11 is 3.27. The summed E-state index contributed by atoms with van der Waals surface area (Å²) in [6, 6.07) is 10.9. The van der Waals surface area contributed by atoms with Crippen LogP contribution in [0.15, 0.2) is 46.9 Å². The average Bonchev–Trinajstić information content (AvgIpc) is 2.30. The highest BCUT2D eigenvalue weighted by Gasteiger charge is 2.02. The van der Waals surface area contributed by atoms with Crippen molar-refractivity contribution in [2.24, 2.45) is 0 Å². The average molecular weight is 298 g/mol. The molecule has 0 spiro atoms. The Balaban J connectivity index is 2.09. The fourth-order valence-corrected chi connectivity index (χ4v) is 1.84. The summed E-state index contributed by atoms with van der Waals surface area (Å²) in [5.41, 5.74) is 1.16. The second-order valence-electron chi connectivity index (χ2n) is 3.61. The van der Waals surface area contributed by atoms with E-state index in [1.165, 1.54) is 18.2 Å². The van der Waals surface area contributed by atoms with Crippen molar-refractivity contribution in [2.75, 3.05) is 5.32 Å². The Labute approximate surface area is 107 Å². The monoisotopic (exact) mass is 297 g/mol. The minimum absolute atomic E-state index is 0.293. The van der Waals surface area contributed by atoms with Gasteiger partial charge in [0.15, 0.2) is 0 Å². The lowest BCUT2D eigenvalue weighted by Crippen LogP contribution is -2.01. The van der Waals surface area contributed by atoms with E-state index < -0.39 is 0 Å². The lowest BCUT2D eigenvalue weighted by atomic mass is 10.2. The normalized spacial score (nSPS) is 10.3. The van der Waals surface area contributed by atoms with Crippen LogP contribution in [0.3, 0.4) is 0 Å². The SMILES string of the molecule is Fc1cccc(CNc2cc(Br)ccc2F)c1. The van der Waals surface area contributed by atoms with Crippen LogP contribution in [-0.2, 0) is 6.54 Å². The third-order valence-electron chi connectivity index (χ3n) is 2.30. The minimum atomic E-state index is -0.329. The molecule has 2 aromatic carbocycles. The number of hydrogen-bond donors (Lipinski definition) is 1. The molecule has 0 fully saturated rings. The molecule has 0 bridgehead atoms. The molecule has 1 nitrogen and oxygen atoms in total. The van der Waals surface area contributed by atoms with Gasteiger partial charge in [-0.1, -0.05) is 28.1 Å². The molecule has 0 amide bonds. The largest absolute Gasteiger partial charge is 0.379 e. The summed E-state index contributed by atoms with van der Waals surface area (Å²) in [5, 5.41) is 2.93. The lowest BCUT2D eigenvalue weighted by Gasteiger charge is -2.08. The highest BCUT2D eigenvalue weighted by molar-refractivity contribution is 9.10. The quantitative estimate of drug-likeness (QED) is 0.889. The third kappa shape index (κ3) is 3.27. The van der Waals surface area contributed by atoms with Crippen LogP contribution < -0.4 is 5.32 Å². The Hall–Kier alpha value is -1.42. The van der Waals surface area contributed by atoms with Gasteiger partial charge in [0, 0.05) is 11.0 Å². The van der Waals surface area contributed by atoms with Crippen molar-refractivity contribution < 1.29 is 8.78 Å². The first-order valence-corrected chi connectivity index (χ1v) is 5.88. The van der Waals surface area contributed by atoms with Crippen LogP contribution >= 0.6 is 15.9 Å². The first-order chi connectivity index (χ1) is 8.15. The molecule has 0 saturated carbocycles. The van der Waals surface area contributed by atoms with Crippen LogP contribution in [0.5, 0.6) is 0 Å². The van der Waals surface area contributed by atoms with Gasteiger partial charge in [-0.2, -0.15) is 0 Å². The number of rotatable bonds is 3. The van der Waals surface area contributed by atoms with Gasteiger partial charge in [0.25, 0.3) is 0 Å². The molecule has 0 heterocycles. The van der Waals surface area contributed by atoms with Gasteiger partial charge in [0.2, 0.25) is 0 Å². The molecule has 4 heteroatoms. The zero-order chi connectivity index (χ0) is 12.3. The highest BCUT2D eigenvalue weighted by atomic mass is 79.9. The Morgan fingerprint density at radius 1 is 1.06 bits per heavy atom. The van der Waals surface area contributed by atoms with Crippen LogP contribution in [0, 0.1) is 11.6 Å². The molecule has 2 aromatic rings. The van der Waals surface area contributed by atoms with E-state index in [0.717, 1.165) is 10.0 Å². The van der Waals surface area contributed by atoms with Crippen LogP contribution in [-0.4, -0.2) is 0 Å². The molecule has 17 heavy (non-hydrogen) atoms. The Bertz CT molecular complexity index is 529. The van der Waals surface area contributed by atoms with Crippen molar-refractivity contribution >= 4 is 21.6 Å². The number of nitrogens with one attached hydrogen (secondary N) is 1. The van der Waals surface area contributed by atoms with Crippen molar-refractivity contribution in [3.8, 4) is 0 Å². The second-order valence-corrected chi connectivity index (χ2v) is 4.52. The number of anilines is 1. The van der Waals surface area contributed by atoms with Crippen molar-refractivity contribution in [3.63, 3.8) is 0 Å². The maximum absolute atomic E-state index is 13.4.